The summed E-state index contributed by atoms with van der Waals surface area (Å²) in [6, 6.07) is 7.63. The second kappa shape index (κ2) is 4.39. The fourth-order valence-corrected chi connectivity index (χ4v) is 1.56. The number of aromatic nitrogens is 1. The summed E-state index contributed by atoms with van der Waals surface area (Å²) >= 11 is 0. The third-order valence-electron chi connectivity index (χ3n) is 2.33. The molecular weight excluding hydrogens is 200 g/mol. The molecule has 1 aromatic carbocycles. The number of nitrogens with zero attached hydrogens (tertiary/aromatic N) is 1. The Morgan fingerprint density at radius 2 is 2.12 bits per heavy atom. The monoisotopic (exact) mass is 216 g/mol. The van der Waals surface area contributed by atoms with E-state index in [0.29, 0.717) is 18.2 Å². The number of fused-ring (bicyclic) bond motifs is 1. The SMILES string of the molecule is CC(C)COc1ccnc2c(N)cccc12. The molecule has 2 aromatic rings. The van der Waals surface area contributed by atoms with Crippen LogP contribution in [-0.2, 0) is 0 Å². The Labute approximate surface area is 95.2 Å². The van der Waals surface area contributed by atoms with Gasteiger partial charge in [-0.15, -0.1) is 0 Å². The lowest BCUT2D eigenvalue weighted by Gasteiger charge is -2.11. The lowest BCUT2D eigenvalue weighted by atomic mass is 10.2. The number of nitrogen functional groups attached to an aromatic ring is 1. The Hall–Kier alpha value is -1.77. The molecule has 3 nitrogen and oxygen atoms in total. The van der Waals surface area contributed by atoms with Crippen LogP contribution in [0.15, 0.2) is 30.5 Å². The summed E-state index contributed by atoms with van der Waals surface area (Å²) in [6.45, 7) is 4.95. The minimum atomic E-state index is 0.504. The maximum Gasteiger partial charge on any atom is 0.130 e. The molecule has 2 rings (SSSR count). The Kier molecular flexibility index (Phi) is 2.95. The van der Waals surface area contributed by atoms with Gasteiger partial charge in [-0.1, -0.05) is 19.9 Å². The van der Waals surface area contributed by atoms with Crippen LogP contribution in [0.5, 0.6) is 5.75 Å². The van der Waals surface area contributed by atoms with Crippen LogP contribution in [0.2, 0.25) is 0 Å². The van der Waals surface area contributed by atoms with Crippen molar-refractivity contribution in [3.63, 3.8) is 0 Å². The van der Waals surface area contributed by atoms with Gasteiger partial charge in [0.25, 0.3) is 0 Å². The van der Waals surface area contributed by atoms with Crippen LogP contribution in [0, 0.1) is 5.92 Å². The normalized spacial score (nSPS) is 10.9. The van der Waals surface area contributed by atoms with Gasteiger partial charge in [-0.05, 0) is 24.1 Å². The van der Waals surface area contributed by atoms with E-state index in [-0.39, 0.29) is 0 Å². The second-order valence-electron chi connectivity index (χ2n) is 4.26. The van der Waals surface area contributed by atoms with Gasteiger partial charge in [-0.25, -0.2) is 0 Å². The number of para-hydroxylation sites is 1. The Balaban J connectivity index is 2.42. The van der Waals surface area contributed by atoms with Gasteiger partial charge < -0.3 is 10.5 Å². The maximum atomic E-state index is 5.86. The van der Waals surface area contributed by atoms with E-state index in [1.165, 1.54) is 0 Å². The highest BCUT2D eigenvalue weighted by atomic mass is 16.5. The molecule has 2 N–H and O–H groups in total. The Morgan fingerprint density at radius 1 is 1.31 bits per heavy atom. The molecule has 0 saturated carbocycles. The molecule has 3 heteroatoms. The highest BCUT2D eigenvalue weighted by molar-refractivity contribution is 5.93. The van der Waals surface area contributed by atoms with Gasteiger partial charge in [-0.3, -0.25) is 4.98 Å². The zero-order valence-electron chi connectivity index (χ0n) is 9.60. The van der Waals surface area contributed by atoms with Crippen molar-refractivity contribution >= 4 is 16.6 Å². The quantitative estimate of drug-likeness (QED) is 0.802. The zero-order valence-corrected chi connectivity index (χ0v) is 9.60. The summed E-state index contributed by atoms with van der Waals surface area (Å²) in [5, 5.41) is 0.975. The molecule has 16 heavy (non-hydrogen) atoms. The predicted molar refractivity (Wildman–Crippen MR) is 66.5 cm³/mol. The molecule has 1 aromatic heterocycles. The molecule has 0 amide bonds. The van der Waals surface area contributed by atoms with E-state index >= 15 is 0 Å². The first-order valence-electron chi connectivity index (χ1n) is 5.44. The fraction of sp³-hybridized carbons (Fsp3) is 0.308. The topological polar surface area (TPSA) is 48.1 Å². The van der Waals surface area contributed by atoms with Gasteiger partial charge in [0.15, 0.2) is 0 Å². The van der Waals surface area contributed by atoms with Gasteiger partial charge in [0.05, 0.1) is 17.8 Å². The van der Waals surface area contributed by atoms with Crippen molar-refractivity contribution < 1.29 is 4.74 Å². The maximum absolute atomic E-state index is 5.86. The van der Waals surface area contributed by atoms with Crippen molar-refractivity contribution in [3.05, 3.63) is 30.5 Å². The third kappa shape index (κ3) is 2.08. The number of rotatable bonds is 3. The predicted octanol–water partition coefficient (Wildman–Crippen LogP) is 2.85. The van der Waals surface area contributed by atoms with Crippen LogP contribution in [0.1, 0.15) is 13.8 Å². The average Bonchev–Trinajstić information content (AvgIpc) is 2.27. The summed E-state index contributed by atoms with van der Waals surface area (Å²) in [5.74, 6) is 1.36. The Bertz CT molecular complexity index is 494. The number of nitrogens with two attached hydrogens (primary N) is 1. The largest absolute Gasteiger partial charge is 0.493 e. The summed E-state index contributed by atoms with van der Waals surface area (Å²) in [6.07, 6.45) is 1.73. The van der Waals surface area contributed by atoms with Crippen LogP contribution < -0.4 is 10.5 Å². The molecule has 0 radical (unpaired) electrons. The summed E-state index contributed by atoms with van der Waals surface area (Å²) < 4.78 is 5.74. The van der Waals surface area contributed by atoms with Crippen molar-refractivity contribution in [1.29, 1.82) is 0 Å². The summed E-state index contributed by atoms with van der Waals surface area (Å²) in [7, 11) is 0. The van der Waals surface area contributed by atoms with E-state index in [1.54, 1.807) is 6.20 Å². The van der Waals surface area contributed by atoms with Crippen molar-refractivity contribution in [3.8, 4) is 5.75 Å². The smallest absolute Gasteiger partial charge is 0.130 e. The van der Waals surface area contributed by atoms with E-state index in [0.717, 1.165) is 16.7 Å². The van der Waals surface area contributed by atoms with Gasteiger partial charge in [0.1, 0.15) is 5.75 Å². The third-order valence-corrected chi connectivity index (χ3v) is 2.33. The summed E-state index contributed by atoms with van der Waals surface area (Å²) in [4.78, 5) is 4.26. The van der Waals surface area contributed by atoms with Crippen LogP contribution in [-0.4, -0.2) is 11.6 Å². The zero-order chi connectivity index (χ0) is 11.5. The first kappa shape index (κ1) is 10.7. The minimum absolute atomic E-state index is 0.504. The fourth-order valence-electron chi connectivity index (χ4n) is 1.56. The highest BCUT2D eigenvalue weighted by Crippen LogP contribution is 2.27. The standard InChI is InChI=1S/C13H16N2O/c1-9(2)8-16-12-6-7-15-13-10(12)4-3-5-11(13)14/h3-7,9H,8,14H2,1-2H3. The van der Waals surface area contributed by atoms with Crippen LogP contribution >= 0.6 is 0 Å². The van der Waals surface area contributed by atoms with Gasteiger partial charge in [0.2, 0.25) is 0 Å². The van der Waals surface area contributed by atoms with Gasteiger partial charge >= 0.3 is 0 Å². The van der Waals surface area contributed by atoms with E-state index in [4.69, 9.17) is 10.5 Å². The molecule has 0 spiro atoms. The number of hydrogen-bond donors (Lipinski definition) is 1. The Morgan fingerprint density at radius 3 is 2.88 bits per heavy atom. The first-order chi connectivity index (χ1) is 7.68. The molecule has 84 valence electrons. The minimum Gasteiger partial charge on any atom is -0.493 e. The van der Waals surface area contributed by atoms with Crippen molar-refractivity contribution in [2.24, 2.45) is 5.92 Å². The number of pyridine rings is 1. The summed E-state index contributed by atoms with van der Waals surface area (Å²) in [5.41, 5.74) is 7.36. The molecule has 0 fully saturated rings. The number of anilines is 1. The molecule has 0 aliphatic rings. The van der Waals surface area contributed by atoms with E-state index in [9.17, 15) is 0 Å². The van der Waals surface area contributed by atoms with E-state index < -0.39 is 0 Å². The lowest BCUT2D eigenvalue weighted by Crippen LogP contribution is -2.05. The lowest BCUT2D eigenvalue weighted by molar-refractivity contribution is 0.274. The molecule has 0 atom stereocenters. The molecule has 0 bridgehead atoms. The molecule has 0 saturated heterocycles. The number of ether oxygens (including phenoxy) is 1. The van der Waals surface area contributed by atoms with Gasteiger partial charge in [-0.2, -0.15) is 0 Å². The van der Waals surface area contributed by atoms with E-state index in [1.807, 2.05) is 24.3 Å². The molecular formula is C13H16N2O. The van der Waals surface area contributed by atoms with Crippen LogP contribution in [0.4, 0.5) is 5.69 Å². The molecule has 0 aliphatic carbocycles. The molecule has 1 heterocycles. The highest BCUT2D eigenvalue weighted by Gasteiger charge is 2.05. The average molecular weight is 216 g/mol. The number of hydrogen-bond acceptors (Lipinski definition) is 3. The van der Waals surface area contributed by atoms with Crippen LogP contribution in [0.25, 0.3) is 10.9 Å². The van der Waals surface area contributed by atoms with Crippen molar-refractivity contribution in [2.75, 3.05) is 12.3 Å². The molecule has 0 unspecified atom stereocenters. The second-order valence-corrected chi connectivity index (χ2v) is 4.26. The van der Waals surface area contributed by atoms with E-state index in [2.05, 4.69) is 18.8 Å². The van der Waals surface area contributed by atoms with Crippen molar-refractivity contribution in [2.45, 2.75) is 13.8 Å². The molecule has 0 aliphatic heterocycles. The first-order valence-corrected chi connectivity index (χ1v) is 5.44. The van der Waals surface area contributed by atoms with Crippen LogP contribution in [0.3, 0.4) is 0 Å². The number of benzene rings is 1. The van der Waals surface area contributed by atoms with Crippen molar-refractivity contribution in [1.82, 2.24) is 4.98 Å². The van der Waals surface area contributed by atoms with Gasteiger partial charge in [0, 0.05) is 11.6 Å².